The Kier molecular flexibility index (Phi) is 2.64. The third kappa shape index (κ3) is 1.85. The topological polar surface area (TPSA) is 76.7 Å². The molecule has 0 aromatic carbocycles. The quantitative estimate of drug-likeness (QED) is 0.709. The molecule has 2 rings (SSSR count). The Balaban J connectivity index is 2.20. The Morgan fingerprint density at radius 3 is 3.07 bits per heavy atom. The summed E-state index contributed by atoms with van der Waals surface area (Å²) in [5.74, 6) is 0. The lowest BCUT2D eigenvalue weighted by atomic mass is 10.5. The molecule has 0 amide bonds. The Hall–Kier alpha value is -0.750. The lowest BCUT2D eigenvalue weighted by Gasteiger charge is -2.07. The fourth-order valence-corrected chi connectivity index (χ4v) is 2.16. The summed E-state index contributed by atoms with van der Waals surface area (Å²) in [6, 6.07) is 0.369. The molecule has 0 saturated heterocycles. The maximum absolute atomic E-state index is 11.4. The molecule has 3 N–H and O–H groups in total. The minimum Gasteiger partial charge on any atom is -0.329 e. The van der Waals surface area contributed by atoms with E-state index in [1.165, 1.54) is 0 Å². The van der Waals surface area contributed by atoms with E-state index in [0.29, 0.717) is 17.8 Å². The number of thioether (sulfide) groups is 1. The number of H-pyrrole nitrogens is 1. The SMILES string of the molecule is CC(CN)Sc1n[nH]c(=O)n1C1CC1. The fourth-order valence-electron chi connectivity index (χ4n) is 1.26. The van der Waals surface area contributed by atoms with Crippen LogP contribution in [-0.2, 0) is 0 Å². The summed E-state index contributed by atoms with van der Waals surface area (Å²) >= 11 is 1.55. The van der Waals surface area contributed by atoms with Crippen molar-refractivity contribution in [2.45, 2.75) is 36.2 Å². The second-order valence-corrected chi connectivity index (χ2v) is 4.98. The van der Waals surface area contributed by atoms with Crippen molar-refractivity contribution in [2.24, 2.45) is 5.73 Å². The molecule has 1 aromatic rings. The Morgan fingerprint density at radius 1 is 1.79 bits per heavy atom. The van der Waals surface area contributed by atoms with Gasteiger partial charge in [0.15, 0.2) is 5.16 Å². The van der Waals surface area contributed by atoms with Crippen molar-refractivity contribution in [2.75, 3.05) is 6.54 Å². The molecule has 0 radical (unpaired) electrons. The number of nitrogens with two attached hydrogens (primary N) is 1. The first kappa shape index (κ1) is 9.79. The van der Waals surface area contributed by atoms with Crippen LogP contribution in [0, 0.1) is 0 Å². The fraction of sp³-hybridized carbons (Fsp3) is 0.750. The second-order valence-electron chi connectivity index (χ2n) is 3.58. The predicted molar refractivity (Wildman–Crippen MR) is 55.5 cm³/mol. The maximum Gasteiger partial charge on any atom is 0.344 e. The summed E-state index contributed by atoms with van der Waals surface area (Å²) in [6.45, 7) is 2.62. The summed E-state index contributed by atoms with van der Waals surface area (Å²) in [5.41, 5.74) is 5.42. The summed E-state index contributed by atoms with van der Waals surface area (Å²) < 4.78 is 1.75. The molecule has 1 fully saturated rings. The Morgan fingerprint density at radius 2 is 2.50 bits per heavy atom. The highest BCUT2D eigenvalue weighted by Gasteiger charge is 2.28. The van der Waals surface area contributed by atoms with Crippen LogP contribution in [0.4, 0.5) is 0 Å². The van der Waals surface area contributed by atoms with Gasteiger partial charge in [-0.3, -0.25) is 4.57 Å². The van der Waals surface area contributed by atoms with Gasteiger partial charge in [0.05, 0.1) is 0 Å². The van der Waals surface area contributed by atoms with E-state index in [1.54, 1.807) is 16.3 Å². The van der Waals surface area contributed by atoms with Gasteiger partial charge in [0, 0.05) is 17.8 Å². The normalized spacial score (nSPS) is 18.4. The number of nitrogens with zero attached hydrogens (tertiary/aromatic N) is 2. The van der Waals surface area contributed by atoms with E-state index in [9.17, 15) is 4.79 Å². The van der Waals surface area contributed by atoms with Crippen LogP contribution >= 0.6 is 11.8 Å². The molecule has 1 saturated carbocycles. The molecule has 1 aliphatic rings. The van der Waals surface area contributed by atoms with Crippen molar-refractivity contribution in [3.05, 3.63) is 10.5 Å². The van der Waals surface area contributed by atoms with Gasteiger partial charge in [-0.25, -0.2) is 9.89 Å². The molecule has 14 heavy (non-hydrogen) atoms. The first-order valence-corrected chi connectivity index (χ1v) is 5.64. The van der Waals surface area contributed by atoms with Crippen LogP contribution in [0.25, 0.3) is 0 Å². The van der Waals surface area contributed by atoms with Crippen LogP contribution in [0.15, 0.2) is 9.95 Å². The molecule has 1 unspecified atom stereocenters. The summed E-state index contributed by atoms with van der Waals surface area (Å²) in [7, 11) is 0. The maximum atomic E-state index is 11.4. The van der Waals surface area contributed by atoms with Crippen LogP contribution in [0.2, 0.25) is 0 Å². The number of aromatic amines is 1. The van der Waals surface area contributed by atoms with E-state index in [1.807, 2.05) is 6.92 Å². The van der Waals surface area contributed by atoms with Crippen LogP contribution in [0.1, 0.15) is 25.8 Å². The first-order chi connectivity index (χ1) is 6.72. The zero-order valence-corrected chi connectivity index (χ0v) is 8.88. The van der Waals surface area contributed by atoms with E-state index in [0.717, 1.165) is 18.0 Å². The monoisotopic (exact) mass is 214 g/mol. The third-order valence-corrected chi connectivity index (χ3v) is 3.32. The number of rotatable bonds is 4. The zero-order valence-electron chi connectivity index (χ0n) is 8.06. The van der Waals surface area contributed by atoms with Crippen molar-refractivity contribution in [3.63, 3.8) is 0 Å². The average molecular weight is 214 g/mol. The lowest BCUT2D eigenvalue weighted by molar-refractivity contribution is 0.641. The van der Waals surface area contributed by atoms with Crippen LogP contribution in [0.3, 0.4) is 0 Å². The molecule has 1 aromatic heterocycles. The summed E-state index contributed by atoms with van der Waals surface area (Å²) in [5, 5.41) is 7.55. The van der Waals surface area contributed by atoms with Crippen LogP contribution < -0.4 is 11.4 Å². The molecule has 0 bridgehead atoms. The van der Waals surface area contributed by atoms with Crippen molar-refractivity contribution in [1.82, 2.24) is 14.8 Å². The molecule has 5 nitrogen and oxygen atoms in total. The number of aromatic nitrogens is 3. The van der Waals surface area contributed by atoms with Crippen molar-refractivity contribution in [1.29, 1.82) is 0 Å². The number of nitrogens with one attached hydrogen (secondary N) is 1. The first-order valence-electron chi connectivity index (χ1n) is 4.76. The van der Waals surface area contributed by atoms with Gasteiger partial charge in [0.25, 0.3) is 0 Å². The molecule has 6 heteroatoms. The third-order valence-electron chi connectivity index (χ3n) is 2.22. The van der Waals surface area contributed by atoms with Gasteiger partial charge in [-0.15, -0.1) is 5.10 Å². The molecule has 0 aliphatic heterocycles. The van der Waals surface area contributed by atoms with E-state index in [-0.39, 0.29) is 5.69 Å². The molecular weight excluding hydrogens is 200 g/mol. The van der Waals surface area contributed by atoms with Crippen molar-refractivity contribution >= 4 is 11.8 Å². The Labute approximate surface area is 86.1 Å². The standard InChI is InChI=1S/C8H14N4OS/c1-5(4-9)14-8-11-10-7(13)12(8)6-2-3-6/h5-6H,2-4,9H2,1H3,(H,10,13). The van der Waals surface area contributed by atoms with E-state index >= 15 is 0 Å². The van der Waals surface area contributed by atoms with Crippen LogP contribution in [-0.4, -0.2) is 26.6 Å². The molecule has 1 heterocycles. The molecule has 0 spiro atoms. The highest BCUT2D eigenvalue weighted by atomic mass is 32.2. The van der Waals surface area contributed by atoms with E-state index in [2.05, 4.69) is 10.2 Å². The van der Waals surface area contributed by atoms with Crippen LogP contribution in [0.5, 0.6) is 0 Å². The van der Waals surface area contributed by atoms with Crippen molar-refractivity contribution < 1.29 is 0 Å². The molecular formula is C8H14N4OS. The van der Waals surface area contributed by atoms with Gasteiger partial charge in [0.2, 0.25) is 0 Å². The predicted octanol–water partition coefficient (Wildman–Crippen LogP) is 0.346. The molecule has 1 aliphatic carbocycles. The molecule has 78 valence electrons. The molecule has 1 atom stereocenters. The minimum atomic E-state index is -0.0979. The second kappa shape index (κ2) is 3.78. The number of hydrogen-bond acceptors (Lipinski definition) is 4. The van der Waals surface area contributed by atoms with Gasteiger partial charge in [0.1, 0.15) is 0 Å². The van der Waals surface area contributed by atoms with E-state index in [4.69, 9.17) is 5.73 Å². The highest BCUT2D eigenvalue weighted by Crippen LogP contribution is 2.36. The number of hydrogen-bond donors (Lipinski definition) is 2. The largest absolute Gasteiger partial charge is 0.344 e. The van der Waals surface area contributed by atoms with Gasteiger partial charge >= 0.3 is 5.69 Å². The van der Waals surface area contributed by atoms with Gasteiger partial charge in [-0.05, 0) is 12.8 Å². The minimum absolute atomic E-state index is 0.0979. The van der Waals surface area contributed by atoms with E-state index < -0.39 is 0 Å². The Bertz CT molecular complexity index is 368. The van der Waals surface area contributed by atoms with Gasteiger partial charge < -0.3 is 5.73 Å². The summed E-state index contributed by atoms with van der Waals surface area (Å²) in [6.07, 6.45) is 2.17. The van der Waals surface area contributed by atoms with Crippen molar-refractivity contribution in [3.8, 4) is 0 Å². The highest BCUT2D eigenvalue weighted by molar-refractivity contribution is 7.99. The smallest absolute Gasteiger partial charge is 0.329 e. The lowest BCUT2D eigenvalue weighted by Crippen LogP contribution is -2.18. The van der Waals surface area contributed by atoms with Gasteiger partial charge in [-0.2, -0.15) is 0 Å². The summed E-state index contributed by atoms with van der Waals surface area (Å²) in [4.78, 5) is 11.4. The zero-order chi connectivity index (χ0) is 10.1. The average Bonchev–Trinajstić information content (AvgIpc) is 2.93. The van der Waals surface area contributed by atoms with Gasteiger partial charge in [-0.1, -0.05) is 18.7 Å².